The van der Waals surface area contributed by atoms with Crippen LogP contribution in [0.3, 0.4) is 0 Å². The first-order chi connectivity index (χ1) is 5.00. The first-order valence-electron chi connectivity index (χ1n) is 4.70. The van der Waals surface area contributed by atoms with Gasteiger partial charge in [0.25, 0.3) is 0 Å². The van der Waals surface area contributed by atoms with Crippen LogP contribution in [0.5, 0.6) is 0 Å². The molecule has 2 unspecified atom stereocenters. The molecular formula is C10H21N. The van der Waals surface area contributed by atoms with Gasteiger partial charge in [0.05, 0.1) is 0 Å². The maximum atomic E-state index is 5.72. The van der Waals surface area contributed by atoms with Crippen LogP contribution in [0.1, 0.15) is 40.5 Å². The summed E-state index contributed by atoms with van der Waals surface area (Å²) < 4.78 is 0. The Bertz CT molecular complexity index is 151. The van der Waals surface area contributed by atoms with E-state index in [1.54, 1.807) is 0 Å². The molecule has 2 N–H and O–H groups in total. The third-order valence-electron chi connectivity index (χ3n) is 4.03. The van der Waals surface area contributed by atoms with Gasteiger partial charge in [0, 0.05) is 0 Å². The summed E-state index contributed by atoms with van der Waals surface area (Å²) in [7, 11) is 0. The number of rotatable bonds is 3. The van der Waals surface area contributed by atoms with Gasteiger partial charge in [-0.1, -0.05) is 34.1 Å². The summed E-state index contributed by atoms with van der Waals surface area (Å²) in [5.41, 5.74) is 6.75. The fraction of sp³-hybridized carbons (Fsp3) is 1.00. The lowest BCUT2D eigenvalue weighted by Crippen LogP contribution is -2.07. The molecule has 1 nitrogen and oxygen atoms in total. The van der Waals surface area contributed by atoms with Crippen molar-refractivity contribution in [2.75, 3.05) is 6.54 Å². The Labute approximate surface area is 70.4 Å². The summed E-state index contributed by atoms with van der Waals surface area (Å²) in [6, 6.07) is 0. The molecule has 0 spiro atoms. The maximum Gasteiger partial charge on any atom is -0.00381 e. The van der Waals surface area contributed by atoms with E-state index in [9.17, 15) is 0 Å². The molecule has 1 saturated carbocycles. The van der Waals surface area contributed by atoms with Gasteiger partial charge >= 0.3 is 0 Å². The minimum Gasteiger partial charge on any atom is -0.330 e. The van der Waals surface area contributed by atoms with Gasteiger partial charge in [0.15, 0.2) is 0 Å². The quantitative estimate of drug-likeness (QED) is 0.665. The van der Waals surface area contributed by atoms with Crippen molar-refractivity contribution < 1.29 is 0 Å². The second kappa shape index (κ2) is 2.48. The molecule has 1 aliphatic rings. The topological polar surface area (TPSA) is 26.0 Å². The van der Waals surface area contributed by atoms with Crippen LogP contribution in [0.4, 0.5) is 0 Å². The van der Waals surface area contributed by atoms with E-state index in [2.05, 4.69) is 27.7 Å². The Morgan fingerprint density at radius 3 is 2.09 bits per heavy atom. The van der Waals surface area contributed by atoms with Gasteiger partial charge in [-0.25, -0.2) is 0 Å². The van der Waals surface area contributed by atoms with Gasteiger partial charge in [-0.2, -0.15) is 0 Å². The third kappa shape index (κ3) is 1.01. The van der Waals surface area contributed by atoms with Crippen LogP contribution < -0.4 is 5.73 Å². The predicted octanol–water partition coefficient (Wildman–Crippen LogP) is 2.41. The van der Waals surface area contributed by atoms with Gasteiger partial charge in [-0.05, 0) is 29.7 Å². The van der Waals surface area contributed by atoms with Crippen molar-refractivity contribution in [3.05, 3.63) is 0 Å². The second-order valence-electron chi connectivity index (χ2n) is 4.68. The van der Waals surface area contributed by atoms with Crippen LogP contribution >= 0.6 is 0 Å². The zero-order valence-corrected chi connectivity index (χ0v) is 8.28. The molecular weight excluding hydrogens is 134 g/mol. The Kier molecular flexibility index (Phi) is 2.04. The van der Waals surface area contributed by atoms with Crippen LogP contribution in [0.25, 0.3) is 0 Å². The summed E-state index contributed by atoms with van der Waals surface area (Å²) in [6.07, 6.45) is 2.62. The molecule has 0 aromatic heterocycles. The smallest absolute Gasteiger partial charge is 0.00381 e. The average molecular weight is 155 g/mol. The van der Waals surface area contributed by atoms with Gasteiger partial charge in [-0.3, -0.25) is 0 Å². The van der Waals surface area contributed by atoms with Crippen LogP contribution in [-0.2, 0) is 0 Å². The summed E-state index contributed by atoms with van der Waals surface area (Å²) in [5, 5.41) is 0. The molecule has 0 bridgehead atoms. The van der Waals surface area contributed by atoms with E-state index in [1.807, 2.05) is 0 Å². The lowest BCUT2D eigenvalue weighted by molar-refractivity contribution is 0.384. The molecule has 2 atom stereocenters. The molecule has 0 aromatic carbocycles. The molecule has 11 heavy (non-hydrogen) atoms. The fourth-order valence-electron chi connectivity index (χ4n) is 2.77. The summed E-state index contributed by atoms with van der Waals surface area (Å²) in [6.45, 7) is 10.2. The number of hydrogen-bond donors (Lipinski definition) is 1. The van der Waals surface area contributed by atoms with Gasteiger partial charge in [0.1, 0.15) is 0 Å². The monoisotopic (exact) mass is 155 g/mol. The summed E-state index contributed by atoms with van der Waals surface area (Å²) in [5.74, 6) is 0.759. The third-order valence-corrected chi connectivity index (χ3v) is 4.03. The van der Waals surface area contributed by atoms with E-state index < -0.39 is 0 Å². The van der Waals surface area contributed by atoms with Crippen molar-refractivity contribution in [1.82, 2.24) is 0 Å². The zero-order chi connectivity index (χ0) is 8.70. The van der Waals surface area contributed by atoms with Crippen LogP contribution in [0, 0.1) is 16.7 Å². The normalized spacial score (nSPS) is 40.6. The van der Waals surface area contributed by atoms with Crippen LogP contribution in [-0.4, -0.2) is 6.54 Å². The van der Waals surface area contributed by atoms with E-state index >= 15 is 0 Å². The van der Waals surface area contributed by atoms with Crippen molar-refractivity contribution in [2.24, 2.45) is 22.5 Å². The zero-order valence-electron chi connectivity index (χ0n) is 8.28. The van der Waals surface area contributed by atoms with Crippen molar-refractivity contribution in [2.45, 2.75) is 40.5 Å². The molecule has 0 aromatic rings. The van der Waals surface area contributed by atoms with Crippen molar-refractivity contribution in [3.63, 3.8) is 0 Å². The highest BCUT2D eigenvalue weighted by atomic mass is 14.8. The largest absolute Gasteiger partial charge is 0.330 e. The van der Waals surface area contributed by atoms with E-state index in [-0.39, 0.29) is 0 Å². The van der Waals surface area contributed by atoms with E-state index in [1.165, 1.54) is 12.8 Å². The number of hydrogen-bond acceptors (Lipinski definition) is 1. The first-order valence-corrected chi connectivity index (χ1v) is 4.70. The van der Waals surface area contributed by atoms with E-state index in [0.29, 0.717) is 10.8 Å². The van der Waals surface area contributed by atoms with Crippen molar-refractivity contribution >= 4 is 0 Å². The SMILES string of the molecule is CCCC1(C)C(CN)C1(C)C. The standard InChI is InChI=1S/C10H21N/c1-5-6-10(4)8(7-11)9(10,2)3/h8H,5-7,11H2,1-4H3. The van der Waals surface area contributed by atoms with E-state index in [4.69, 9.17) is 5.73 Å². The molecule has 1 rings (SSSR count). The number of nitrogens with two attached hydrogens (primary N) is 1. The highest BCUT2D eigenvalue weighted by Gasteiger charge is 2.65. The molecule has 66 valence electrons. The Hall–Kier alpha value is -0.0400. The molecule has 0 aliphatic heterocycles. The molecule has 0 radical (unpaired) electrons. The minimum atomic E-state index is 0.498. The highest BCUT2D eigenvalue weighted by Crippen LogP contribution is 2.70. The molecule has 0 amide bonds. The van der Waals surface area contributed by atoms with E-state index in [0.717, 1.165) is 12.5 Å². The second-order valence-corrected chi connectivity index (χ2v) is 4.68. The van der Waals surface area contributed by atoms with Crippen LogP contribution in [0.2, 0.25) is 0 Å². The lowest BCUT2D eigenvalue weighted by Gasteiger charge is -2.12. The molecule has 0 saturated heterocycles. The van der Waals surface area contributed by atoms with Crippen molar-refractivity contribution in [1.29, 1.82) is 0 Å². The Balaban J connectivity index is 2.61. The van der Waals surface area contributed by atoms with Crippen molar-refractivity contribution in [3.8, 4) is 0 Å². The fourth-order valence-corrected chi connectivity index (χ4v) is 2.77. The Morgan fingerprint density at radius 1 is 1.27 bits per heavy atom. The summed E-state index contributed by atoms with van der Waals surface area (Å²) in [4.78, 5) is 0. The maximum absolute atomic E-state index is 5.72. The average Bonchev–Trinajstić information content (AvgIpc) is 2.28. The van der Waals surface area contributed by atoms with Gasteiger partial charge in [-0.15, -0.1) is 0 Å². The molecule has 0 heterocycles. The lowest BCUT2D eigenvalue weighted by atomic mass is 9.93. The summed E-state index contributed by atoms with van der Waals surface area (Å²) >= 11 is 0. The van der Waals surface area contributed by atoms with Gasteiger partial charge < -0.3 is 5.73 Å². The molecule has 1 aliphatic carbocycles. The minimum absolute atomic E-state index is 0.498. The predicted molar refractivity (Wildman–Crippen MR) is 49.3 cm³/mol. The highest BCUT2D eigenvalue weighted by molar-refractivity contribution is 5.14. The molecule has 1 fully saturated rings. The van der Waals surface area contributed by atoms with Gasteiger partial charge in [0.2, 0.25) is 0 Å². The Morgan fingerprint density at radius 2 is 1.82 bits per heavy atom. The molecule has 1 heteroatoms. The van der Waals surface area contributed by atoms with Crippen LogP contribution in [0.15, 0.2) is 0 Å². The first kappa shape index (κ1) is 9.05.